The Morgan fingerprint density at radius 1 is 0.289 bits per heavy atom. The molecule has 0 aliphatic rings. The molecule has 0 saturated heterocycles. The summed E-state index contributed by atoms with van der Waals surface area (Å²) in [5, 5.41) is 23.0. The highest BCUT2D eigenvalue weighted by atomic mass is 15.3. The van der Waals surface area contributed by atoms with E-state index >= 15 is 0 Å². The van der Waals surface area contributed by atoms with E-state index in [4.69, 9.17) is 0 Å². The molecular formula is C64H92N26. The zero-order valence-electron chi connectivity index (χ0n) is 56.9. The second-order valence-electron chi connectivity index (χ2n) is 20.1. The average molecular weight is 1230 g/mol. The molecular weight excluding hydrogens is 1130 g/mol. The predicted octanol–water partition coefficient (Wildman–Crippen LogP) is 9.78. The van der Waals surface area contributed by atoms with Crippen molar-refractivity contribution in [1.29, 1.82) is 0 Å². The fraction of sp³-hybridized carbons (Fsp3) is 0.359. The molecule has 26 nitrogen and oxygen atoms in total. The van der Waals surface area contributed by atoms with Gasteiger partial charge in [-0.05, 0) is 183 Å². The normalized spacial score (nSPS) is 9.28. The minimum atomic E-state index is 0.759. The van der Waals surface area contributed by atoms with Crippen LogP contribution < -0.4 is 0 Å². The topological polar surface area (TPSA) is 295 Å². The molecule has 0 bridgehead atoms. The Kier molecular flexibility index (Phi) is 38.6. The average Bonchev–Trinajstić information content (AvgIpc) is 4.54. The molecule has 0 aromatic carbocycles. The molecule has 12 aromatic rings. The van der Waals surface area contributed by atoms with Crippen molar-refractivity contribution >= 4 is 0 Å². The highest BCUT2D eigenvalue weighted by Gasteiger charge is 1.92. The van der Waals surface area contributed by atoms with E-state index in [9.17, 15) is 0 Å². The molecule has 0 saturated carbocycles. The summed E-state index contributed by atoms with van der Waals surface area (Å²) in [4.78, 5) is 59.1. The van der Waals surface area contributed by atoms with Crippen molar-refractivity contribution in [3.05, 3.63) is 245 Å². The van der Waals surface area contributed by atoms with E-state index in [2.05, 4.69) is 105 Å². The van der Waals surface area contributed by atoms with Crippen LogP contribution in [0, 0.1) is 125 Å². The molecule has 0 unspecified atom stereocenters. The van der Waals surface area contributed by atoms with Crippen LogP contribution >= 0.6 is 0 Å². The molecule has 0 aliphatic carbocycles. The van der Waals surface area contributed by atoms with Gasteiger partial charge >= 0.3 is 0 Å². The third-order valence-electron chi connectivity index (χ3n) is 10.2. The summed E-state index contributed by atoms with van der Waals surface area (Å²) in [5.41, 5.74) is 12.1. The van der Waals surface area contributed by atoms with Crippen LogP contribution in [0.3, 0.4) is 0 Å². The van der Waals surface area contributed by atoms with Gasteiger partial charge in [0.1, 0.15) is 59.8 Å². The molecule has 12 heterocycles. The molecule has 12 aromatic heterocycles. The summed E-state index contributed by atoms with van der Waals surface area (Å²) in [6.07, 6.45) is 32.1. The van der Waals surface area contributed by atoms with E-state index in [1.807, 2.05) is 257 Å². The number of hydrogen-bond acceptors (Lipinski definition) is 21. The van der Waals surface area contributed by atoms with Crippen molar-refractivity contribution in [2.45, 2.75) is 125 Å². The van der Waals surface area contributed by atoms with Gasteiger partial charge in [0.05, 0.1) is 36.3 Å². The first-order valence-corrected chi connectivity index (χ1v) is 28.3. The highest BCUT2D eigenvalue weighted by molar-refractivity contribution is 5.08. The van der Waals surface area contributed by atoms with Crippen LogP contribution in [-0.2, 0) is 35.2 Å². The summed E-state index contributed by atoms with van der Waals surface area (Å²) in [5.74, 6) is 5.77. The summed E-state index contributed by atoms with van der Waals surface area (Å²) in [6.45, 7) is 34.9. The van der Waals surface area contributed by atoms with Gasteiger partial charge in [-0.15, -0.1) is 0 Å². The third-order valence-corrected chi connectivity index (χ3v) is 10.2. The van der Waals surface area contributed by atoms with Gasteiger partial charge in [0, 0.05) is 126 Å². The summed E-state index contributed by atoms with van der Waals surface area (Å²) in [6, 6.07) is 9.61. The number of aromatic nitrogens is 26. The monoisotopic (exact) mass is 1220 g/mol. The molecule has 90 heavy (non-hydrogen) atoms. The third kappa shape index (κ3) is 43.1. The van der Waals surface area contributed by atoms with Crippen molar-refractivity contribution in [1.82, 2.24) is 129 Å². The number of nitrogens with zero attached hydrogens (tertiary/aromatic N) is 26. The second-order valence-corrected chi connectivity index (χ2v) is 20.1. The van der Waals surface area contributed by atoms with E-state index in [-0.39, 0.29) is 0 Å². The highest BCUT2D eigenvalue weighted by Crippen LogP contribution is 1.97. The van der Waals surface area contributed by atoms with E-state index in [1.165, 1.54) is 23.8 Å². The van der Waals surface area contributed by atoms with Gasteiger partial charge < -0.3 is 4.57 Å². The van der Waals surface area contributed by atoms with Gasteiger partial charge in [0.2, 0.25) is 0 Å². The lowest BCUT2D eigenvalue weighted by molar-refractivity contribution is 0.756. The molecule has 0 atom stereocenters. The molecule has 0 aliphatic heterocycles. The van der Waals surface area contributed by atoms with Crippen LogP contribution in [0.5, 0.6) is 0 Å². The smallest absolute Gasteiger partial charge is 0.147 e. The van der Waals surface area contributed by atoms with E-state index in [0.29, 0.717) is 0 Å². The first-order chi connectivity index (χ1) is 42.6. The number of aryl methyl sites for hydroxylation is 23. The van der Waals surface area contributed by atoms with E-state index in [1.54, 1.807) is 56.2 Å². The van der Waals surface area contributed by atoms with E-state index in [0.717, 1.165) is 91.6 Å². The molecule has 0 N–H and O–H groups in total. The summed E-state index contributed by atoms with van der Waals surface area (Å²) < 4.78 is 8.96. The van der Waals surface area contributed by atoms with Crippen LogP contribution in [0.4, 0.5) is 0 Å². The van der Waals surface area contributed by atoms with Crippen LogP contribution in [-0.4, -0.2) is 129 Å². The fourth-order valence-corrected chi connectivity index (χ4v) is 6.23. The van der Waals surface area contributed by atoms with Crippen molar-refractivity contribution in [2.75, 3.05) is 0 Å². The number of hydrogen-bond donors (Lipinski definition) is 0. The Morgan fingerprint density at radius 3 is 0.944 bits per heavy atom. The van der Waals surface area contributed by atoms with Gasteiger partial charge in [-0.2, -0.15) is 30.6 Å². The molecule has 478 valence electrons. The Bertz CT molecular complexity index is 3160. The number of rotatable bonds is 0. The minimum Gasteiger partial charge on any atom is -0.340 e. The van der Waals surface area contributed by atoms with Gasteiger partial charge in [-0.3, -0.25) is 18.7 Å². The first-order valence-electron chi connectivity index (χ1n) is 28.3. The van der Waals surface area contributed by atoms with Crippen LogP contribution in [0.25, 0.3) is 0 Å². The van der Waals surface area contributed by atoms with Crippen LogP contribution in [0.15, 0.2) is 142 Å². The molecule has 0 spiro atoms. The Balaban J connectivity index is 0.000000491. The lowest BCUT2D eigenvalue weighted by Gasteiger charge is -1.95. The van der Waals surface area contributed by atoms with E-state index < -0.39 is 0 Å². The van der Waals surface area contributed by atoms with Gasteiger partial charge in [0.15, 0.2) is 0 Å². The summed E-state index contributed by atoms with van der Waals surface area (Å²) >= 11 is 0. The molecule has 0 fully saturated rings. The maximum absolute atomic E-state index is 4.12. The standard InChI is InChI=1S/C7H10N2.4C6H8N2.4C5H8N2.C5H6N2.C4H7N3.C4H5N3/c1-5-4-6(2)9-7(3)8-5;2*1-5-3-7-6(2)8-4-5;2*1-5-3-4-7-6(2)8-5;1-5-3-7(2)4-6-5;2*1-5-3-6-7(2)4-5;1-5-3-4-7(2)6-5;1-5-2-3-6-7-4-5;1-4-5-3-7(2)6-4;1-4-6-2-5-3-7-4/h4H,1-3H3;4*3-4H,1-2H3;4*3-4H,1-2H3;2-4H,1H3;3H,1-2H3;2-3H,1H3. The van der Waals surface area contributed by atoms with Gasteiger partial charge in [-0.1, -0.05) is 0 Å². The molecule has 0 radical (unpaired) electrons. The minimum absolute atomic E-state index is 0.759. The van der Waals surface area contributed by atoms with Gasteiger partial charge in [-0.25, -0.2) is 74.8 Å². The number of imidazole rings is 1. The SMILES string of the molecule is Cc1cc(C)nc(C)n1.Cc1ccn(C)n1.Cc1ccnc(C)n1.Cc1ccnc(C)n1.Cc1ccnnc1.Cc1cn(C)cn1.Cc1cnc(C)nc1.Cc1cnc(C)nc1.Cc1cnn(C)c1.Cc1cnn(C)c1.Cc1ncn(C)n1.Cc1ncncn1. The second kappa shape index (κ2) is 44.9. The zero-order chi connectivity index (χ0) is 67.4. The largest absolute Gasteiger partial charge is 0.340 e. The van der Waals surface area contributed by atoms with Crippen LogP contribution in [0.1, 0.15) is 103 Å². The lowest BCUT2D eigenvalue weighted by atomic mass is 10.3. The lowest BCUT2D eigenvalue weighted by Crippen LogP contribution is -1.91. The van der Waals surface area contributed by atoms with Crippen molar-refractivity contribution in [2.24, 2.45) is 35.2 Å². The predicted molar refractivity (Wildman–Crippen MR) is 351 cm³/mol. The van der Waals surface area contributed by atoms with Crippen LogP contribution in [0.2, 0.25) is 0 Å². The van der Waals surface area contributed by atoms with Crippen molar-refractivity contribution in [3.8, 4) is 0 Å². The summed E-state index contributed by atoms with van der Waals surface area (Å²) in [7, 11) is 9.53. The quantitative estimate of drug-likeness (QED) is 0.136. The Morgan fingerprint density at radius 2 is 0.756 bits per heavy atom. The van der Waals surface area contributed by atoms with Crippen molar-refractivity contribution < 1.29 is 0 Å². The molecule has 12 rings (SSSR count). The Hall–Kier alpha value is -10.5. The zero-order valence-corrected chi connectivity index (χ0v) is 56.9. The fourth-order valence-electron chi connectivity index (χ4n) is 6.23. The molecule has 26 heteroatoms. The van der Waals surface area contributed by atoms with Crippen molar-refractivity contribution in [3.63, 3.8) is 0 Å². The maximum Gasteiger partial charge on any atom is 0.147 e. The Labute approximate surface area is 531 Å². The maximum atomic E-state index is 4.12. The van der Waals surface area contributed by atoms with Gasteiger partial charge in [0.25, 0.3) is 0 Å². The molecule has 0 amide bonds. The first kappa shape index (κ1) is 77.5.